The fourth-order valence-electron chi connectivity index (χ4n) is 2.49. The van der Waals surface area contributed by atoms with Gasteiger partial charge in [0.15, 0.2) is 0 Å². The fourth-order valence-corrected chi connectivity index (χ4v) is 2.49. The van der Waals surface area contributed by atoms with Gasteiger partial charge in [-0.2, -0.15) is 0 Å². The molecule has 2 rings (SSSR count). The predicted octanol–water partition coefficient (Wildman–Crippen LogP) is 2.05. The van der Waals surface area contributed by atoms with Crippen molar-refractivity contribution in [2.24, 2.45) is 0 Å². The molecule has 1 unspecified atom stereocenters. The van der Waals surface area contributed by atoms with Crippen molar-refractivity contribution < 1.29 is 23.6 Å². The van der Waals surface area contributed by atoms with Crippen LogP contribution in [0.5, 0.6) is 0 Å². The molecule has 27 heavy (non-hydrogen) atoms. The van der Waals surface area contributed by atoms with Crippen LogP contribution in [0.25, 0.3) is 0 Å². The molecule has 0 bridgehead atoms. The number of carbonyl (C=O) groups is 2. The SMILES string of the molecule is COC(=O)CC(NC(=O)CCn1cc([N+](=O)[O-])nc1C)c1ccc(F)cc1. The molecule has 1 aromatic heterocycles. The van der Waals surface area contributed by atoms with E-state index >= 15 is 0 Å². The second kappa shape index (κ2) is 8.88. The van der Waals surface area contributed by atoms with E-state index in [-0.39, 0.29) is 31.1 Å². The Bertz CT molecular complexity index is 834. The number of nitrogens with zero attached hydrogens (tertiary/aromatic N) is 3. The molecule has 0 saturated carbocycles. The average Bonchev–Trinajstić information content (AvgIpc) is 3.01. The molecule has 9 nitrogen and oxygen atoms in total. The lowest BCUT2D eigenvalue weighted by atomic mass is 10.0. The van der Waals surface area contributed by atoms with Crippen LogP contribution in [0, 0.1) is 22.9 Å². The molecular weight excluding hydrogens is 359 g/mol. The van der Waals surface area contributed by atoms with Crippen molar-refractivity contribution >= 4 is 17.7 Å². The highest BCUT2D eigenvalue weighted by molar-refractivity contribution is 5.78. The number of amides is 1. The van der Waals surface area contributed by atoms with Gasteiger partial charge < -0.3 is 24.7 Å². The molecule has 1 N–H and O–H groups in total. The third-order valence-electron chi connectivity index (χ3n) is 3.94. The van der Waals surface area contributed by atoms with Crippen LogP contribution in [-0.2, 0) is 20.9 Å². The van der Waals surface area contributed by atoms with Gasteiger partial charge in [0.1, 0.15) is 12.0 Å². The largest absolute Gasteiger partial charge is 0.469 e. The lowest BCUT2D eigenvalue weighted by Crippen LogP contribution is -2.31. The van der Waals surface area contributed by atoms with Crippen LogP contribution >= 0.6 is 0 Å². The van der Waals surface area contributed by atoms with E-state index in [2.05, 4.69) is 15.0 Å². The molecule has 1 atom stereocenters. The molecule has 0 aliphatic heterocycles. The minimum atomic E-state index is -0.677. The number of rotatable bonds is 8. The molecule has 144 valence electrons. The van der Waals surface area contributed by atoms with Gasteiger partial charge >= 0.3 is 11.8 Å². The van der Waals surface area contributed by atoms with E-state index in [0.29, 0.717) is 11.4 Å². The molecule has 0 aliphatic carbocycles. The maximum Gasteiger partial charge on any atom is 0.381 e. The van der Waals surface area contributed by atoms with Crippen LogP contribution in [0.3, 0.4) is 0 Å². The summed E-state index contributed by atoms with van der Waals surface area (Å²) >= 11 is 0. The standard InChI is InChI=1S/C17H19FN4O5/c1-11-19-15(22(25)26)10-21(11)8-7-16(23)20-14(9-17(24)27-2)12-3-5-13(18)6-4-12/h3-6,10,14H,7-9H2,1-2H3,(H,20,23). The Morgan fingerprint density at radius 2 is 2.04 bits per heavy atom. The number of ether oxygens (including phenoxy) is 1. The topological polar surface area (TPSA) is 116 Å². The number of hydrogen-bond acceptors (Lipinski definition) is 6. The Balaban J connectivity index is 2.03. The Hall–Kier alpha value is -3.30. The van der Waals surface area contributed by atoms with Gasteiger partial charge in [0.2, 0.25) is 11.7 Å². The highest BCUT2D eigenvalue weighted by Gasteiger charge is 2.20. The van der Waals surface area contributed by atoms with E-state index in [9.17, 15) is 24.1 Å². The number of nitrogens with one attached hydrogen (secondary N) is 1. The first-order chi connectivity index (χ1) is 12.8. The predicted molar refractivity (Wildman–Crippen MR) is 92.2 cm³/mol. The highest BCUT2D eigenvalue weighted by Crippen LogP contribution is 2.18. The summed E-state index contributed by atoms with van der Waals surface area (Å²) in [6.45, 7) is 1.79. The Morgan fingerprint density at radius 3 is 2.59 bits per heavy atom. The minimum absolute atomic E-state index is 0.0211. The molecule has 1 aromatic carbocycles. The molecule has 2 aromatic rings. The second-order valence-electron chi connectivity index (χ2n) is 5.80. The quantitative estimate of drug-likeness (QED) is 0.427. The van der Waals surface area contributed by atoms with Crippen molar-refractivity contribution in [3.8, 4) is 0 Å². The molecule has 1 amide bonds. The number of esters is 1. The molecule has 1 heterocycles. The first-order valence-electron chi connectivity index (χ1n) is 8.10. The summed E-state index contributed by atoms with van der Waals surface area (Å²) in [6.07, 6.45) is 1.17. The van der Waals surface area contributed by atoms with Crippen molar-refractivity contribution in [2.75, 3.05) is 7.11 Å². The van der Waals surface area contributed by atoms with Crippen molar-refractivity contribution in [3.05, 3.63) is 57.8 Å². The third kappa shape index (κ3) is 5.59. The monoisotopic (exact) mass is 378 g/mol. The van der Waals surface area contributed by atoms with Crippen molar-refractivity contribution in [1.82, 2.24) is 14.9 Å². The number of imidazole rings is 1. The summed E-state index contributed by atoms with van der Waals surface area (Å²) in [5.74, 6) is -1.20. The summed E-state index contributed by atoms with van der Waals surface area (Å²) in [6, 6.07) is 4.75. The molecule has 0 saturated heterocycles. The minimum Gasteiger partial charge on any atom is -0.469 e. The van der Waals surface area contributed by atoms with Crippen molar-refractivity contribution in [3.63, 3.8) is 0 Å². The van der Waals surface area contributed by atoms with Gasteiger partial charge in [0.25, 0.3) is 0 Å². The van der Waals surface area contributed by atoms with Crippen LogP contribution in [0.2, 0.25) is 0 Å². The summed E-state index contributed by atoms with van der Waals surface area (Å²) in [7, 11) is 1.24. The van der Waals surface area contributed by atoms with E-state index in [4.69, 9.17) is 0 Å². The van der Waals surface area contributed by atoms with Gasteiger partial charge in [0.05, 0.1) is 19.6 Å². The zero-order valence-corrected chi connectivity index (χ0v) is 14.8. The van der Waals surface area contributed by atoms with E-state index in [1.54, 1.807) is 6.92 Å². The van der Waals surface area contributed by atoms with Crippen molar-refractivity contribution in [1.29, 1.82) is 0 Å². The van der Waals surface area contributed by atoms with Crippen molar-refractivity contribution in [2.45, 2.75) is 32.4 Å². The first kappa shape index (κ1) is 20.0. The lowest BCUT2D eigenvalue weighted by Gasteiger charge is -2.18. The Labute approximate surface area is 154 Å². The van der Waals surface area contributed by atoms with Crippen LogP contribution in [-0.4, -0.2) is 33.5 Å². The van der Waals surface area contributed by atoms with Gasteiger partial charge in [-0.25, -0.2) is 4.39 Å². The van der Waals surface area contributed by atoms with Gasteiger partial charge in [-0.1, -0.05) is 12.1 Å². The smallest absolute Gasteiger partial charge is 0.381 e. The normalized spacial score (nSPS) is 11.7. The van der Waals surface area contributed by atoms with Gasteiger partial charge in [0, 0.05) is 19.9 Å². The second-order valence-corrected chi connectivity index (χ2v) is 5.80. The van der Waals surface area contributed by atoms with Gasteiger partial charge in [-0.05, 0) is 27.6 Å². The number of nitro groups is 1. The van der Waals surface area contributed by atoms with E-state index < -0.39 is 22.8 Å². The van der Waals surface area contributed by atoms with Gasteiger partial charge in [-0.15, -0.1) is 0 Å². The van der Waals surface area contributed by atoms with Crippen LogP contribution in [0.15, 0.2) is 30.5 Å². The number of aryl methyl sites for hydroxylation is 2. The summed E-state index contributed by atoms with van der Waals surface area (Å²) < 4.78 is 19.3. The number of carbonyl (C=O) groups excluding carboxylic acids is 2. The van der Waals surface area contributed by atoms with E-state index in [1.807, 2.05) is 0 Å². The zero-order chi connectivity index (χ0) is 20.0. The van der Waals surface area contributed by atoms with E-state index in [0.717, 1.165) is 0 Å². The number of hydrogen-bond donors (Lipinski definition) is 1. The fraction of sp³-hybridized carbons (Fsp3) is 0.353. The number of aromatic nitrogens is 2. The highest BCUT2D eigenvalue weighted by atomic mass is 19.1. The maximum absolute atomic E-state index is 13.1. The summed E-state index contributed by atoms with van der Waals surface area (Å²) in [4.78, 5) is 37.8. The number of methoxy groups -OCH3 is 1. The zero-order valence-electron chi connectivity index (χ0n) is 14.8. The number of halogens is 1. The molecule has 0 radical (unpaired) electrons. The van der Waals surface area contributed by atoms with Crippen LogP contribution in [0.4, 0.5) is 10.2 Å². The van der Waals surface area contributed by atoms with Crippen LogP contribution in [0.1, 0.15) is 30.3 Å². The Kier molecular flexibility index (Phi) is 6.58. The molecule has 0 spiro atoms. The lowest BCUT2D eigenvalue weighted by molar-refractivity contribution is -0.389. The average molecular weight is 378 g/mol. The van der Waals surface area contributed by atoms with Crippen LogP contribution < -0.4 is 5.32 Å². The molecule has 0 fully saturated rings. The summed E-state index contributed by atoms with van der Waals surface area (Å²) in [5, 5.41) is 13.4. The third-order valence-corrected chi connectivity index (χ3v) is 3.94. The Morgan fingerprint density at radius 1 is 1.37 bits per heavy atom. The first-order valence-corrected chi connectivity index (χ1v) is 8.10. The molecule has 0 aliphatic rings. The molecular formula is C17H19FN4O5. The number of benzene rings is 1. The summed E-state index contributed by atoms with van der Waals surface area (Å²) in [5.41, 5.74) is 0.560. The van der Waals surface area contributed by atoms with Gasteiger partial charge in [-0.3, -0.25) is 9.59 Å². The molecule has 10 heteroatoms. The maximum atomic E-state index is 13.1. The van der Waals surface area contributed by atoms with E-state index in [1.165, 1.54) is 42.1 Å².